The van der Waals surface area contributed by atoms with Crippen molar-refractivity contribution in [2.24, 2.45) is 0 Å². The van der Waals surface area contributed by atoms with Gasteiger partial charge in [-0.05, 0) is 19.1 Å². The van der Waals surface area contributed by atoms with Crippen LogP contribution in [-0.4, -0.2) is 34.4 Å². The Balaban J connectivity index is 1.94. The first-order valence-electron chi connectivity index (χ1n) is 5.51. The Morgan fingerprint density at radius 3 is 2.18 bits per heavy atom. The van der Waals surface area contributed by atoms with Crippen LogP contribution in [0.5, 0.6) is 0 Å². The monoisotopic (exact) mass is 228 g/mol. The van der Waals surface area contributed by atoms with Crippen molar-refractivity contribution in [3.8, 4) is 0 Å². The van der Waals surface area contributed by atoms with Gasteiger partial charge in [-0.1, -0.05) is 24.3 Å². The molecule has 2 aliphatic rings. The van der Waals surface area contributed by atoms with E-state index in [4.69, 9.17) is 0 Å². The highest BCUT2D eigenvalue weighted by Crippen LogP contribution is 2.33. The molecule has 2 atom stereocenters. The highest BCUT2D eigenvalue weighted by atomic mass is 16.2. The summed E-state index contributed by atoms with van der Waals surface area (Å²) < 4.78 is 0. The predicted molar refractivity (Wildman–Crippen MR) is 62.3 cm³/mol. The molecule has 3 rings (SSSR count). The smallest absolute Gasteiger partial charge is 0.267 e. The summed E-state index contributed by atoms with van der Waals surface area (Å²) >= 11 is 0. The number of nitrogens with zero attached hydrogens (tertiary/aromatic N) is 2. The number of fused-ring (bicyclic) bond motifs is 1. The maximum Gasteiger partial charge on any atom is 0.276 e. The summed E-state index contributed by atoms with van der Waals surface area (Å²) in [4.78, 5) is 24.2. The van der Waals surface area contributed by atoms with Crippen LogP contribution < -0.4 is 0 Å². The lowest BCUT2D eigenvalue weighted by molar-refractivity contribution is 0.0380. The molecule has 0 aliphatic carbocycles. The first-order valence-corrected chi connectivity index (χ1v) is 5.51. The Hall–Kier alpha value is -1.94. The van der Waals surface area contributed by atoms with Crippen molar-refractivity contribution in [2.45, 2.75) is 13.0 Å². The van der Waals surface area contributed by atoms with E-state index in [1.165, 1.54) is 5.01 Å². The van der Waals surface area contributed by atoms with Gasteiger partial charge >= 0.3 is 0 Å². The average molecular weight is 228 g/mol. The fourth-order valence-electron chi connectivity index (χ4n) is 2.17. The van der Waals surface area contributed by atoms with Crippen LogP contribution >= 0.6 is 0 Å². The summed E-state index contributed by atoms with van der Waals surface area (Å²) in [5.74, 6) is -0.455. The molecule has 0 aromatic heterocycles. The molecule has 2 unspecified atom stereocenters. The first-order chi connectivity index (χ1) is 8.11. The second kappa shape index (κ2) is 3.28. The van der Waals surface area contributed by atoms with Gasteiger partial charge in [0.15, 0.2) is 0 Å². The molecule has 2 heterocycles. The van der Waals surface area contributed by atoms with E-state index in [0.29, 0.717) is 17.7 Å². The van der Waals surface area contributed by atoms with Crippen molar-refractivity contribution in [3.05, 3.63) is 47.5 Å². The molecular weight excluding hydrogens is 216 g/mol. The summed E-state index contributed by atoms with van der Waals surface area (Å²) in [5, 5.41) is 3.00. The zero-order valence-corrected chi connectivity index (χ0v) is 9.51. The lowest BCUT2D eigenvalue weighted by Gasteiger charge is -2.15. The molecule has 0 N–H and O–H groups in total. The number of hydrogen-bond donors (Lipinski definition) is 0. The van der Waals surface area contributed by atoms with E-state index < -0.39 is 0 Å². The maximum absolute atomic E-state index is 12.1. The summed E-state index contributed by atoms with van der Waals surface area (Å²) in [6, 6.07) is 7.04. The van der Waals surface area contributed by atoms with E-state index in [9.17, 15) is 9.59 Å². The number of amides is 2. The molecule has 1 aromatic carbocycles. The number of hydrogen-bond acceptors (Lipinski definition) is 3. The fraction of sp³-hybridized carbons (Fsp3) is 0.231. The number of carbonyl (C=O) groups excluding carboxylic acids is 2. The molecule has 0 bridgehead atoms. The SMILES string of the molecule is C=C(C)C1CN1N1C(=O)c2ccccc2C1=O. The van der Waals surface area contributed by atoms with Crippen molar-refractivity contribution in [1.82, 2.24) is 10.0 Å². The van der Waals surface area contributed by atoms with E-state index >= 15 is 0 Å². The summed E-state index contributed by atoms with van der Waals surface area (Å²) in [6.45, 7) is 6.45. The van der Waals surface area contributed by atoms with Crippen LogP contribution in [0.15, 0.2) is 36.4 Å². The molecule has 17 heavy (non-hydrogen) atoms. The molecule has 0 saturated carbocycles. The summed E-state index contributed by atoms with van der Waals surface area (Å²) in [7, 11) is 0. The van der Waals surface area contributed by atoms with Crippen molar-refractivity contribution < 1.29 is 9.59 Å². The zero-order chi connectivity index (χ0) is 12.2. The van der Waals surface area contributed by atoms with E-state index in [1.807, 2.05) is 6.92 Å². The molecule has 1 saturated heterocycles. The van der Waals surface area contributed by atoms with Crippen molar-refractivity contribution in [3.63, 3.8) is 0 Å². The third kappa shape index (κ3) is 1.34. The number of rotatable bonds is 2. The Morgan fingerprint density at radius 1 is 1.24 bits per heavy atom. The molecule has 4 heteroatoms. The second-order valence-electron chi connectivity index (χ2n) is 4.45. The number of carbonyl (C=O) groups is 2. The lowest BCUT2D eigenvalue weighted by atomic mass is 10.1. The number of imide groups is 1. The van der Waals surface area contributed by atoms with Crippen molar-refractivity contribution >= 4 is 11.8 Å². The highest BCUT2D eigenvalue weighted by molar-refractivity contribution is 6.21. The highest BCUT2D eigenvalue weighted by Gasteiger charge is 2.49. The second-order valence-corrected chi connectivity index (χ2v) is 4.45. The van der Waals surface area contributed by atoms with Gasteiger partial charge in [-0.25, -0.2) is 10.0 Å². The van der Waals surface area contributed by atoms with Gasteiger partial charge in [-0.3, -0.25) is 9.59 Å². The molecule has 2 amide bonds. The van der Waals surface area contributed by atoms with Gasteiger partial charge in [0.05, 0.1) is 17.2 Å². The van der Waals surface area contributed by atoms with Crippen LogP contribution in [0.2, 0.25) is 0 Å². The van der Waals surface area contributed by atoms with Crippen LogP contribution in [0.25, 0.3) is 0 Å². The van der Waals surface area contributed by atoms with Gasteiger partial charge in [-0.15, -0.1) is 0 Å². The zero-order valence-electron chi connectivity index (χ0n) is 9.51. The van der Waals surface area contributed by atoms with Crippen LogP contribution in [0.3, 0.4) is 0 Å². The minimum absolute atomic E-state index is 0.122. The Morgan fingerprint density at radius 2 is 1.76 bits per heavy atom. The van der Waals surface area contributed by atoms with Gasteiger partial charge < -0.3 is 0 Å². The van der Waals surface area contributed by atoms with Gasteiger partial charge in [-0.2, -0.15) is 0 Å². The largest absolute Gasteiger partial charge is 0.276 e. The van der Waals surface area contributed by atoms with Gasteiger partial charge in [0.25, 0.3) is 11.8 Å². The number of benzene rings is 1. The molecule has 0 spiro atoms. The topological polar surface area (TPSA) is 40.4 Å². The van der Waals surface area contributed by atoms with Crippen LogP contribution in [-0.2, 0) is 0 Å². The Labute approximate surface area is 99.1 Å². The summed E-state index contributed by atoms with van der Waals surface area (Å²) in [5.41, 5.74) is 1.95. The molecule has 86 valence electrons. The van der Waals surface area contributed by atoms with Gasteiger partial charge in [0.2, 0.25) is 0 Å². The standard InChI is InChI=1S/C13H12N2O2/c1-8(2)11-7-14(11)15-12(16)9-5-3-4-6-10(9)13(15)17/h3-6,11H,1,7H2,2H3. The molecule has 0 radical (unpaired) electrons. The van der Waals surface area contributed by atoms with Crippen molar-refractivity contribution in [2.75, 3.05) is 6.54 Å². The van der Waals surface area contributed by atoms with E-state index in [1.54, 1.807) is 29.3 Å². The minimum Gasteiger partial charge on any atom is -0.267 e. The molecule has 1 fully saturated rings. The predicted octanol–water partition coefficient (Wildman–Crippen LogP) is 1.46. The van der Waals surface area contributed by atoms with Gasteiger partial charge in [0, 0.05) is 6.54 Å². The fourth-order valence-corrected chi connectivity index (χ4v) is 2.17. The van der Waals surface area contributed by atoms with Crippen molar-refractivity contribution in [1.29, 1.82) is 0 Å². The minimum atomic E-state index is -0.227. The maximum atomic E-state index is 12.1. The van der Waals surface area contributed by atoms with E-state index in [2.05, 4.69) is 6.58 Å². The number of hydrazine groups is 1. The van der Waals surface area contributed by atoms with Crippen LogP contribution in [0, 0.1) is 0 Å². The molecule has 4 nitrogen and oxygen atoms in total. The average Bonchev–Trinajstić information content (AvgIpc) is 3.05. The molecule has 2 aliphatic heterocycles. The normalized spacial score (nSPS) is 26.1. The Bertz CT molecular complexity index is 515. The van der Waals surface area contributed by atoms with Gasteiger partial charge in [0.1, 0.15) is 0 Å². The first kappa shape index (κ1) is 10.2. The lowest BCUT2D eigenvalue weighted by Crippen LogP contribution is -2.36. The molecule has 1 aromatic rings. The third-order valence-electron chi connectivity index (χ3n) is 3.18. The van der Waals surface area contributed by atoms with E-state index in [0.717, 1.165) is 5.57 Å². The quantitative estimate of drug-likeness (QED) is 0.437. The summed E-state index contributed by atoms with van der Waals surface area (Å²) in [6.07, 6.45) is 0. The Kier molecular flexibility index (Phi) is 1.97. The van der Waals surface area contributed by atoms with E-state index in [-0.39, 0.29) is 17.9 Å². The third-order valence-corrected chi connectivity index (χ3v) is 3.18. The molecular formula is C13H12N2O2. The van der Waals surface area contributed by atoms with Crippen LogP contribution in [0.4, 0.5) is 0 Å². The van der Waals surface area contributed by atoms with Crippen LogP contribution in [0.1, 0.15) is 27.6 Å².